The largest absolute Gasteiger partial charge is 0.356 e. The maximum absolute atomic E-state index is 5.90. The topological polar surface area (TPSA) is 29.0 Å². The number of hydrogen-bond acceptors (Lipinski definition) is 3. The highest BCUT2D eigenvalue weighted by Crippen LogP contribution is 2.31. The number of aromatic nitrogens is 2. The first-order valence-corrected chi connectivity index (χ1v) is 7.21. The van der Waals surface area contributed by atoms with E-state index in [0.29, 0.717) is 11.3 Å². The predicted octanol–water partition coefficient (Wildman–Crippen LogP) is 3.84. The lowest BCUT2D eigenvalue weighted by atomic mass is 9.84. The Labute approximate surface area is 115 Å². The van der Waals surface area contributed by atoms with Gasteiger partial charge in [0, 0.05) is 24.8 Å². The van der Waals surface area contributed by atoms with Gasteiger partial charge < -0.3 is 4.90 Å². The SMILES string of the molecule is CCC1CCC(N(C)c2nc(Cl)ncc2C)CC1. The van der Waals surface area contributed by atoms with Crippen LogP contribution in [0.25, 0.3) is 0 Å². The minimum Gasteiger partial charge on any atom is -0.356 e. The minimum absolute atomic E-state index is 0.338. The summed E-state index contributed by atoms with van der Waals surface area (Å²) in [7, 11) is 2.13. The van der Waals surface area contributed by atoms with Crippen molar-refractivity contribution in [2.24, 2.45) is 5.92 Å². The first-order chi connectivity index (χ1) is 8.61. The van der Waals surface area contributed by atoms with Crippen LogP contribution in [0.2, 0.25) is 5.28 Å². The molecule has 0 atom stereocenters. The van der Waals surface area contributed by atoms with Gasteiger partial charge in [0.1, 0.15) is 5.82 Å². The molecule has 18 heavy (non-hydrogen) atoms. The molecule has 0 bridgehead atoms. The lowest BCUT2D eigenvalue weighted by Gasteiger charge is -2.35. The lowest BCUT2D eigenvalue weighted by molar-refractivity contribution is 0.312. The second-order valence-electron chi connectivity index (χ2n) is 5.34. The van der Waals surface area contributed by atoms with Crippen molar-refractivity contribution in [1.82, 2.24) is 9.97 Å². The molecule has 0 aromatic carbocycles. The minimum atomic E-state index is 0.338. The monoisotopic (exact) mass is 267 g/mol. The van der Waals surface area contributed by atoms with E-state index in [4.69, 9.17) is 11.6 Å². The Balaban J connectivity index is 2.07. The van der Waals surface area contributed by atoms with Gasteiger partial charge in [-0.15, -0.1) is 0 Å². The van der Waals surface area contributed by atoms with E-state index in [2.05, 4.69) is 28.8 Å². The van der Waals surface area contributed by atoms with Gasteiger partial charge in [-0.05, 0) is 50.1 Å². The fourth-order valence-electron chi connectivity index (χ4n) is 2.88. The van der Waals surface area contributed by atoms with Crippen LogP contribution in [-0.2, 0) is 0 Å². The third-order valence-electron chi connectivity index (χ3n) is 4.19. The van der Waals surface area contributed by atoms with E-state index in [1.807, 2.05) is 6.92 Å². The van der Waals surface area contributed by atoms with Gasteiger partial charge in [-0.25, -0.2) is 9.97 Å². The van der Waals surface area contributed by atoms with Crippen LogP contribution in [0.15, 0.2) is 6.20 Å². The number of nitrogens with zero attached hydrogens (tertiary/aromatic N) is 3. The van der Waals surface area contributed by atoms with Gasteiger partial charge in [0.15, 0.2) is 0 Å². The van der Waals surface area contributed by atoms with Crippen molar-refractivity contribution in [2.45, 2.75) is 52.0 Å². The zero-order valence-corrected chi connectivity index (χ0v) is 12.2. The predicted molar refractivity (Wildman–Crippen MR) is 76.2 cm³/mol. The molecule has 0 unspecified atom stereocenters. The summed E-state index contributed by atoms with van der Waals surface area (Å²) >= 11 is 5.90. The number of hydrogen-bond donors (Lipinski definition) is 0. The average Bonchev–Trinajstić information content (AvgIpc) is 2.41. The summed E-state index contributed by atoms with van der Waals surface area (Å²) in [5.74, 6) is 1.90. The van der Waals surface area contributed by atoms with Gasteiger partial charge in [-0.2, -0.15) is 0 Å². The van der Waals surface area contributed by atoms with E-state index >= 15 is 0 Å². The molecule has 0 radical (unpaired) electrons. The van der Waals surface area contributed by atoms with Crippen LogP contribution in [0.5, 0.6) is 0 Å². The molecule has 1 aromatic rings. The standard InChI is InChI=1S/C14H22ClN3/c1-4-11-5-7-12(8-6-11)18(3)13-10(2)9-16-14(15)17-13/h9,11-12H,4-8H2,1-3H3. The summed E-state index contributed by atoms with van der Waals surface area (Å²) in [6, 6.07) is 0.595. The molecule has 0 spiro atoms. The summed E-state index contributed by atoms with van der Waals surface area (Å²) in [5, 5.41) is 0.338. The van der Waals surface area contributed by atoms with Gasteiger partial charge in [-0.3, -0.25) is 0 Å². The molecule has 1 aliphatic rings. The number of halogens is 1. The Hall–Kier alpha value is -0.830. The van der Waals surface area contributed by atoms with Crippen molar-refractivity contribution in [3.63, 3.8) is 0 Å². The highest BCUT2D eigenvalue weighted by molar-refractivity contribution is 6.28. The Bertz CT molecular complexity index is 400. The number of aryl methyl sites for hydroxylation is 1. The van der Waals surface area contributed by atoms with Crippen LogP contribution in [0.4, 0.5) is 5.82 Å². The van der Waals surface area contributed by atoms with E-state index in [0.717, 1.165) is 17.3 Å². The van der Waals surface area contributed by atoms with Crippen LogP contribution in [0.1, 0.15) is 44.6 Å². The Morgan fingerprint density at radius 2 is 2.00 bits per heavy atom. The highest BCUT2D eigenvalue weighted by atomic mass is 35.5. The Kier molecular flexibility index (Phi) is 4.44. The fourth-order valence-corrected chi connectivity index (χ4v) is 3.01. The molecule has 0 saturated heterocycles. The van der Waals surface area contributed by atoms with Crippen LogP contribution in [-0.4, -0.2) is 23.1 Å². The molecule has 2 rings (SSSR count). The third kappa shape index (κ3) is 2.94. The zero-order valence-electron chi connectivity index (χ0n) is 11.5. The molecule has 0 aliphatic heterocycles. The van der Waals surface area contributed by atoms with E-state index in [1.165, 1.54) is 32.1 Å². The molecule has 0 N–H and O–H groups in total. The van der Waals surface area contributed by atoms with Crippen LogP contribution in [0.3, 0.4) is 0 Å². The van der Waals surface area contributed by atoms with E-state index in [-0.39, 0.29) is 0 Å². The van der Waals surface area contributed by atoms with Crippen molar-refractivity contribution in [2.75, 3.05) is 11.9 Å². The maximum atomic E-state index is 5.90. The molecule has 1 aromatic heterocycles. The van der Waals surface area contributed by atoms with Crippen molar-refractivity contribution in [3.05, 3.63) is 17.0 Å². The molecule has 1 heterocycles. The zero-order chi connectivity index (χ0) is 13.1. The fraction of sp³-hybridized carbons (Fsp3) is 0.714. The Morgan fingerprint density at radius 3 is 2.61 bits per heavy atom. The molecular formula is C14H22ClN3. The first-order valence-electron chi connectivity index (χ1n) is 6.83. The second kappa shape index (κ2) is 5.87. The van der Waals surface area contributed by atoms with Gasteiger partial charge in [0.2, 0.25) is 5.28 Å². The van der Waals surface area contributed by atoms with Crippen molar-refractivity contribution in [3.8, 4) is 0 Å². The number of rotatable bonds is 3. The molecule has 100 valence electrons. The molecule has 1 saturated carbocycles. The molecular weight excluding hydrogens is 246 g/mol. The Morgan fingerprint density at radius 1 is 1.33 bits per heavy atom. The molecule has 3 nitrogen and oxygen atoms in total. The van der Waals surface area contributed by atoms with E-state index in [9.17, 15) is 0 Å². The van der Waals surface area contributed by atoms with Crippen molar-refractivity contribution < 1.29 is 0 Å². The number of anilines is 1. The smallest absolute Gasteiger partial charge is 0.224 e. The summed E-state index contributed by atoms with van der Waals surface area (Å²) in [5.41, 5.74) is 1.10. The van der Waals surface area contributed by atoms with Crippen molar-refractivity contribution in [1.29, 1.82) is 0 Å². The molecule has 1 fully saturated rings. The molecule has 1 aliphatic carbocycles. The van der Waals surface area contributed by atoms with Crippen LogP contribution >= 0.6 is 11.6 Å². The normalized spacial score (nSPS) is 24.0. The summed E-state index contributed by atoms with van der Waals surface area (Å²) in [4.78, 5) is 10.7. The second-order valence-corrected chi connectivity index (χ2v) is 5.68. The quantitative estimate of drug-likeness (QED) is 0.779. The maximum Gasteiger partial charge on any atom is 0.224 e. The molecule has 4 heteroatoms. The van der Waals surface area contributed by atoms with Gasteiger partial charge in [0.05, 0.1) is 0 Å². The first kappa shape index (κ1) is 13.6. The summed E-state index contributed by atoms with van der Waals surface area (Å²) < 4.78 is 0. The van der Waals surface area contributed by atoms with Gasteiger partial charge in [-0.1, -0.05) is 13.3 Å². The lowest BCUT2D eigenvalue weighted by Crippen LogP contribution is -2.36. The molecule has 0 amide bonds. The van der Waals surface area contributed by atoms with E-state index in [1.54, 1.807) is 6.20 Å². The van der Waals surface area contributed by atoms with Gasteiger partial charge >= 0.3 is 0 Å². The average molecular weight is 268 g/mol. The summed E-state index contributed by atoms with van der Waals surface area (Å²) in [6.45, 7) is 4.34. The highest BCUT2D eigenvalue weighted by Gasteiger charge is 2.24. The van der Waals surface area contributed by atoms with Crippen LogP contribution in [0, 0.1) is 12.8 Å². The third-order valence-corrected chi connectivity index (χ3v) is 4.37. The van der Waals surface area contributed by atoms with Crippen LogP contribution < -0.4 is 4.90 Å². The summed E-state index contributed by atoms with van der Waals surface area (Å²) in [6.07, 6.45) is 8.31. The van der Waals surface area contributed by atoms with E-state index < -0.39 is 0 Å². The van der Waals surface area contributed by atoms with Crippen molar-refractivity contribution >= 4 is 17.4 Å². The van der Waals surface area contributed by atoms with Gasteiger partial charge in [0.25, 0.3) is 0 Å².